The van der Waals surface area contributed by atoms with Crippen LogP contribution >= 0.6 is 0 Å². The molecule has 1 saturated carbocycles. The second kappa shape index (κ2) is 6.89. The molecule has 0 bridgehead atoms. The van der Waals surface area contributed by atoms with Gasteiger partial charge in [0.1, 0.15) is 5.82 Å². The molecule has 2 heterocycles. The number of rotatable bonds is 4. The molecular weight excluding hydrogens is 292 g/mol. The van der Waals surface area contributed by atoms with Crippen molar-refractivity contribution in [2.45, 2.75) is 51.5 Å². The minimum absolute atomic E-state index is 0.227. The molecule has 0 atom stereocenters. The maximum absolute atomic E-state index is 11.7. The number of hydrogen-bond acceptors (Lipinski definition) is 6. The molecule has 0 unspecified atom stereocenters. The van der Waals surface area contributed by atoms with E-state index in [0.717, 1.165) is 5.69 Å². The van der Waals surface area contributed by atoms with Crippen LogP contribution in [-0.2, 0) is 9.53 Å². The van der Waals surface area contributed by atoms with E-state index in [1.165, 1.54) is 32.1 Å². The van der Waals surface area contributed by atoms with Gasteiger partial charge < -0.3 is 15.4 Å². The van der Waals surface area contributed by atoms with Crippen LogP contribution in [0.5, 0.6) is 0 Å². The lowest BCUT2D eigenvalue weighted by Crippen LogP contribution is -2.36. The van der Waals surface area contributed by atoms with E-state index >= 15 is 0 Å². The molecule has 1 fully saturated rings. The van der Waals surface area contributed by atoms with E-state index < -0.39 is 0 Å². The van der Waals surface area contributed by atoms with Crippen molar-refractivity contribution in [2.75, 3.05) is 17.3 Å². The molecule has 1 aromatic heterocycles. The van der Waals surface area contributed by atoms with Gasteiger partial charge in [0, 0.05) is 12.5 Å². The number of hydrogen-bond donors (Lipinski definition) is 1. The van der Waals surface area contributed by atoms with Crippen molar-refractivity contribution in [1.82, 2.24) is 9.88 Å². The summed E-state index contributed by atoms with van der Waals surface area (Å²) in [5.41, 5.74) is 6.55. The van der Waals surface area contributed by atoms with Crippen LogP contribution in [-0.4, -0.2) is 28.6 Å². The average Bonchev–Trinajstić information content (AvgIpc) is 3.00. The zero-order valence-corrected chi connectivity index (χ0v) is 13.6. The molecule has 2 aliphatic rings. The minimum atomic E-state index is -0.227. The lowest BCUT2D eigenvalue weighted by atomic mass is 9.95. The van der Waals surface area contributed by atoms with Crippen LogP contribution in [0.1, 0.15) is 45.4 Å². The van der Waals surface area contributed by atoms with Crippen LogP contribution in [0.3, 0.4) is 0 Å². The van der Waals surface area contributed by atoms with E-state index in [2.05, 4.69) is 9.88 Å². The predicted molar refractivity (Wildman–Crippen MR) is 89.2 cm³/mol. The van der Waals surface area contributed by atoms with Crippen molar-refractivity contribution < 1.29 is 9.53 Å². The van der Waals surface area contributed by atoms with Gasteiger partial charge in [-0.3, -0.25) is 9.69 Å². The molecule has 0 spiro atoms. The molecule has 1 aromatic rings. The largest absolute Gasteiger partial charge is 0.408 e. The molecule has 1 aliphatic carbocycles. The topological polar surface area (TPSA) is 71.7 Å². The molecule has 0 aromatic carbocycles. The van der Waals surface area contributed by atoms with Crippen molar-refractivity contribution >= 4 is 17.5 Å². The first-order chi connectivity index (χ1) is 11.2. The van der Waals surface area contributed by atoms with E-state index in [0.29, 0.717) is 30.8 Å². The lowest BCUT2D eigenvalue weighted by molar-refractivity contribution is -0.139. The highest BCUT2D eigenvalue weighted by Crippen LogP contribution is 2.31. The first-order valence-electron chi connectivity index (χ1n) is 8.34. The fraction of sp³-hybridized carbons (Fsp3) is 0.529. The summed E-state index contributed by atoms with van der Waals surface area (Å²) >= 11 is 0. The summed E-state index contributed by atoms with van der Waals surface area (Å²) in [5.74, 6) is 0.831. The van der Waals surface area contributed by atoms with Crippen molar-refractivity contribution in [3.63, 3.8) is 0 Å². The summed E-state index contributed by atoms with van der Waals surface area (Å²) in [7, 11) is 0. The SMILES string of the molecule is CCC(=O)OC1=CN(C2CCCCC2)CN1c1ccc(N)nc1. The van der Waals surface area contributed by atoms with E-state index in [-0.39, 0.29) is 5.97 Å². The summed E-state index contributed by atoms with van der Waals surface area (Å²) in [6, 6.07) is 4.18. The molecule has 0 amide bonds. The number of carbonyl (C=O) groups is 1. The number of nitrogens with two attached hydrogens (primary N) is 1. The third kappa shape index (κ3) is 3.57. The Labute approximate surface area is 136 Å². The van der Waals surface area contributed by atoms with E-state index in [1.807, 2.05) is 17.2 Å². The number of nitrogen functional groups attached to an aromatic ring is 1. The Kier molecular flexibility index (Phi) is 4.69. The zero-order chi connectivity index (χ0) is 16.2. The van der Waals surface area contributed by atoms with Crippen molar-refractivity contribution in [3.8, 4) is 0 Å². The fourth-order valence-corrected chi connectivity index (χ4v) is 3.16. The normalized spacial score (nSPS) is 18.9. The highest BCUT2D eigenvalue weighted by molar-refractivity contribution is 5.71. The monoisotopic (exact) mass is 316 g/mol. The Balaban J connectivity index is 1.80. The maximum atomic E-state index is 11.7. The molecule has 0 saturated heterocycles. The summed E-state index contributed by atoms with van der Waals surface area (Å²) in [4.78, 5) is 20.1. The molecule has 0 radical (unpaired) electrons. The number of pyridine rings is 1. The van der Waals surface area contributed by atoms with Crippen molar-refractivity contribution in [3.05, 3.63) is 30.4 Å². The Morgan fingerprint density at radius 2 is 2.13 bits per heavy atom. The van der Waals surface area contributed by atoms with Gasteiger partial charge in [0.05, 0.1) is 24.8 Å². The van der Waals surface area contributed by atoms with Crippen LogP contribution in [0.2, 0.25) is 0 Å². The van der Waals surface area contributed by atoms with Crippen LogP contribution in [0.4, 0.5) is 11.5 Å². The van der Waals surface area contributed by atoms with Gasteiger partial charge in [-0.25, -0.2) is 4.98 Å². The third-order valence-electron chi connectivity index (χ3n) is 4.48. The summed E-state index contributed by atoms with van der Waals surface area (Å²) in [6.07, 6.45) is 10.3. The second-order valence-electron chi connectivity index (χ2n) is 6.11. The highest BCUT2D eigenvalue weighted by atomic mass is 16.6. The van der Waals surface area contributed by atoms with Gasteiger partial charge >= 0.3 is 5.97 Å². The van der Waals surface area contributed by atoms with Crippen LogP contribution < -0.4 is 10.6 Å². The number of ether oxygens (including phenoxy) is 1. The number of nitrogens with zero attached hydrogens (tertiary/aromatic N) is 3. The summed E-state index contributed by atoms with van der Waals surface area (Å²) < 4.78 is 5.53. The summed E-state index contributed by atoms with van der Waals surface area (Å²) in [5, 5.41) is 0. The Morgan fingerprint density at radius 1 is 1.35 bits per heavy atom. The smallest absolute Gasteiger partial charge is 0.312 e. The molecule has 3 rings (SSSR count). The molecule has 6 heteroatoms. The fourth-order valence-electron chi connectivity index (χ4n) is 3.16. The van der Waals surface area contributed by atoms with Crippen molar-refractivity contribution in [1.29, 1.82) is 0 Å². The minimum Gasteiger partial charge on any atom is -0.408 e. The van der Waals surface area contributed by atoms with Gasteiger partial charge in [-0.2, -0.15) is 0 Å². The number of anilines is 2. The highest BCUT2D eigenvalue weighted by Gasteiger charge is 2.30. The van der Waals surface area contributed by atoms with Gasteiger partial charge in [0.25, 0.3) is 0 Å². The van der Waals surface area contributed by atoms with Gasteiger partial charge in [0.15, 0.2) is 0 Å². The first kappa shape index (κ1) is 15.6. The Hall–Kier alpha value is -2.24. The zero-order valence-electron chi connectivity index (χ0n) is 13.6. The molecule has 124 valence electrons. The van der Waals surface area contributed by atoms with Crippen molar-refractivity contribution in [2.24, 2.45) is 0 Å². The van der Waals surface area contributed by atoms with Gasteiger partial charge in [0.2, 0.25) is 5.88 Å². The van der Waals surface area contributed by atoms with E-state index in [4.69, 9.17) is 10.5 Å². The molecule has 2 N–H and O–H groups in total. The Bertz CT molecular complexity index is 579. The number of aromatic nitrogens is 1. The third-order valence-corrected chi connectivity index (χ3v) is 4.48. The number of carbonyl (C=O) groups excluding carboxylic acids is 1. The number of esters is 1. The first-order valence-corrected chi connectivity index (χ1v) is 8.34. The van der Waals surface area contributed by atoms with E-state index in [1.54, 1.807) is 19.2 Å². The Morgan fingerprint density at radius 3 is 2.78 bits per heavy atom. The van der Waals surface area contributed by atoms with Crippen LogP contribution in [0.25, 0.3) is 0 Å². The average molecular weight is 316 g/mol. The molecule has 1 aliphatic heterocycles. The van der Waals surface area contributed by atoms with Crippen LogP contribution in [0, 0.1) is 0 Å². The molecular formula is C17H24N4O2. The maximum Gasteiger partial charge on any atom is 0.312 e. The standard InChI is InChI=1S/C17H24N4O2/c1-2-17(22)23-16-11-20(13-6-4-3-5-7-13)12-21(16)14-8-9-15(18)19-10-14/h8-11,13H,2-7,12H2,1H3,(H2,18,19). The second-order valence-corrected chi connectivity index (χ2v) is 6.11. The molecule has 6 nitrogen and oxygen atoms in total. The lowest BCUT2D eigenvalue weighted by Gasteiger charge is -2.32. The van der Waals surface area contributed by atoms with Gasteiger partial charge in [-0.15, -0.1) is 0 Å². The van der Waals surface area contributed by atoms with Crippen LogP contribution in [0.15, 0.2) is 30.4 Å². The quantitative estimate of drug-likeness (QED) is 0.861. The van der Waals surface area contributed by atoms with E-state index in [9.17, 15) is 4.79 Å². The van der Waals surface area contributed by atoms with Gasteiger partial charge in [-0.05, 0) is 25.0 Å². The predicted octanol–water partition coefficient (Wildman–Crippen LogP) is 2.83. The summed E-state index contributed by atoms with van der Waals surface area (Å²) in [6.45, 7) is 2.48. The van der Waals surface area contributed by atoms with Gasteiger partial charge in [-0.1, -0.05) is 26.2 Å². The molecule has 23 heavy (non-hydrogen) atoms.